The topological polar surface area (TPSA) is 41.1 Å². The minimum atomic E-state index is -0.199. The number of rotatable bonds is 4. The van der Waals surface area contributed by atoms with E-state index in [4.69, 9.17) is 47.0 Å². The van der Waals surface area contributed by atoms with Gasteiger partial charge in [0, 0.05) is 27.2 Å². The molecule has 3 nitrogen and oxygen atoms in total. The van der Waals surface area contributed by atoms with E-state index in [0.29, 0.717) is 27.2 Å². The van der Waals surface area contributed by atoms with Crippen LogP contribution in [0.25, 0.3) is 0 Å². The lowest BCUT2D eigenvalue weighted by Gasteiger charge is -2.10. The Morgan fingerprint density at radius 3 is 2.35 bits per heavy atom. The summed E-state index contributed by atoms with van der Waals surface area (Å²) in [5, 5.41) is 7.27. The number of amides is 1. The molecular weight excluding hydrogens is 375 g/mol. The summed E-state index contributed by atoms with van der Waals surface area (Å²) in [5.74, 6) is -0.199. The van der Waals surface area contributed by atoms with Gasteiger partial charge in [0.1, 0.15) is 0 Å². The van der Waals surface area contributed by atoms with Crippen molar-refractivity contribution in [3.63, 3.8) is 0 Å². The molecule has 1 amide bonds. The smallest absolute Gasteiger partial charge is 0.226 e. The fraction of sp³-hybridized carbons (Fsp3) is 0.125. The maximum absolute atomic E-state index is 11.9. The number of nitrogens with one attached hydrogen (secondary N) is 2. The number of hydrogen-bond acceptors (Lipinski definition) is 2. The largest absolute Gasteiger partial charge is 0.332 e. The highest BCUT2D eigenvalue weighted by Crippen LogP contribution is 2.22. The van der Waals surface area contributed by atoms with Crippen molar-refractivity contribution in [3.05, 3.63) is 63.1 Å². The van der Waals surface area contributed by atoms with E-state index in [-0.39, 0.29) is 17.4 Å². The monoisotopic (exact) mass is 386 g/mol. The van der Waals surface area contributed by atoms with Gasteiger partial charge in [-0.3, -0.25) is 4.79 Å². The van der Waals surface area contributed by atoms with Crippen LogP contribution < -0.4 is 10.6 Å². The van der Waals surface area contributed by atoms with Crippen molar-refractivity contribution in [3.8, 4) is 0 Å². The molecule has 120 valence electrons. The van der Waals surface area contributed by atoms with Gasteiger partial charge in [-0.2, -0.15) is 0 Å². The number of aryl methyl sites for hydroxylation is 1. The van der Waals surface area contributed by atoms with E-state index in [9.17, 15) is 4.79 Å². The highest BCUT2D eigenvalue weighted by atomic mass is 35.5. The second-order valence-electron chi connectivity index (χ2n) is 4.75. The van der Waals surface area contributed by atoms with Crippen LogP contribution in [0.2, 0.25) is 15.1 Å². The van der Waals surface area contributed by atoms with Crippen LogP contribution in [0.15, 0.2) is 42.5 Å². The van der Waals surface area contributed by atoms with Crippen LogP contribution in [0.5, 0.6) is 0 Å². The third kappa shape index (κ3) is 5.99. The molecule has 2 aromatic carbocycles. The van der Waals surface area contributed by atoms with Crippen molar-refractivity contribution in [1.82, 2.24) is 5.32 Å². The quantitative estimate of drug-likeness (QED) is 0.718. The molecule has 0 fully saturated rings. The van der Waals surface area contributed by atoms with Crippen molar-refractivity contribution in [2.45, 2.75) is 12.8 Å². The van der Waals surface area contributed by atoms with Crippen LogP contribution in [0, 0.1) is 0 Å². The summed E-state index contributed by atoms with van der Waals surface area (Å²) in [6.07, 6.45) is 0.818. The molecule has 2 N–H and O–H groups in total. The molecule has 0 unspecified atom stereocenters. The van der Waals surface area contributed by atoms with E-state index in [1.165, 1.54) is 0 Å². The minimum absolute atomic E-state index is 0.187. The molecule has 0 radical (unpaired) electrons. The molecule has 0 aliphatic heterocycles. The van der Waals surface area contributed by atoms with E-state index < -0.39 is 0 Å². The minimum Gasteiger partial charge on any atom is -0.332 e. The van der Waals surface area contributed by atoms with Crippen LogP contribution in [-0.4, -0.2) is 11.0 Å². The van der Waals surface area contributed by atoms with Gasteiger partial charge in [-0.25, -0.2) is 0 Å². The third-order valence-corrected chi connectivity index (χ3v) is 3.96. The fourth-order valence-electron chi connectivity index (χ4n) is 1.93. The summed E-state index contributed by atoms with van der Waals surface area (Å²) in [6, 6.07) is 12.4. The molecule has 23 heavy (non-hydrogen) atoms. The lowest BCUT2D eigenvalue weighted by Crippen LogP contribution is -2.34. The Kier molecular flexibility index (Phi) is 6.66. The summed E-state index contributed by atoms with van der Waals surface area (Å²) >= 11 is 23.0. The van der Waals surface area contributed by atoms with Crippen LogP contribution in [0.3, 0.4) is 0 Å². The van der Waals surface area contributed by atoms with Gasteiger partial charge in [-0.15, -0.1) is 0 Å². The SMILES string of the molecule is O=C(CCc1ccccc1Cl)NC(=S)Nc1cc(Cl)cc(Cl)c1. The van der Waals surface area contributed by atoms with Crippen LogP contribution in [-0.2, 0) is 11.2 Å². The second-order valence-corrected chi connectivity index (χ2v) is 6.44. The Morgan fingerprint density at radius 1 is 1.04 bits per heavy atom. The number of halogens is 3. The summed E-state index contributed by atoms with van der Waals surface area (Å²) in [4.78, 5) is 11.9. The van der Waals surface area contributed by atoms with E-state index >= 15 is 0 Å². The Morgan fingerprint density at radius 2 is 1.70 bits per heavy atom. The van der Waals surface area contributed by atoms with Crippen molar-refractivity contribution >= 4 is 63.7 Å². The number of carbonyl (C=O) groups excluding carboxylic acids is 1. The maximum atomic E-state index is 11.9. The lowest BCUT2D eigenvalue weighted by atomic mass is 10.1. The summed E-state index contributed by atoms with van der Waals surface area (Å²) < 4.78 is 0. The first-order valence-electron chi connectivity index (χ1n) is 6.74. The number of thiocarbonyl (C=S) groups is 1. The molecule has 0 heterocycles. The highest BCUT2D eigenvalue weighted by molar-refractivity contribution is 7.80. The van der Waals surface area contributed by atoms with E-state index in [2.05, 4.69) is 10.6 Å². The zero-order chi connectivity index (χ0) is 16.8. The number of carbonyl (C=O) groups is 1. The first-order chi connectivity index (χ1) is 10.9. The Balaban J connectivity index is 1.85. The van der Waals surface area contributed by atoms with Crippen molar-refractivity contribution in [1.29, 1.82) is 0 Å². The standard InChI is InChI=1S/C16H13Cl3N2OS/c17-11-7-12(18)9-13(8-11)20-16(23)21-15(22)6-5-10-3-1-2-4-14(10)19/h1-4,7-9H,5-6H2,(H2,20,21,22,23). The van der Waals surface area contributed by atoms with E-state index in [1.807, 2.05) is 18.2 Å². The second kappa shape index (κ2) is 8.50. The Labute approximate surface area is 154 Å². The van der Waals surface area contributed by atoms with Gasteiger partial charge in [0.05, 0.1) is 0 Å². The lowest BCUT2D eigenvalue weighted by molar-refractivity contribution is -0.119. The fourth-order valence-corrected chi connectivity index (χ4v) is 2.91. The zero-order valence-electron chi connectivity index (χ0n) is 11.9. The van der Waals surface area contributed by atoms with Crippen molar-refractivity contribution in [2.75, 3.05) is 5.32 Å². The van der Waals surface area contributed by atoms with E-state index in [0.717, 1.165) is 5.56 Å². The first-order valence-corrected chi connectivity index (χ1v) is 8.28. The molecule has 2 rings (SSSR count). The summed E-state index contributed by atoms with van der Waals surface area (Å²) in [7, 11) is 0. The summed E-state index contributed by atoms with van der Waals surface area (Å²) in [6.45, 7) is 0. The molecule has 0 saturated carbocycles. The maximum Gasteiger partial charge on any atom is 0.226 e. The molecule has 0 aliphatic carbocycles. The molecule has 2 aromatic rings. The molecular formula is C16H13Cl3N2OS. The molecule has 0 saturated heterocycles. The number of anilines is 1. The summed E-state index contributed by atoms with van der Waals surface area (Å²) in [5.41, 5.74) is 1.53. The van der Waals surface area contributed by atoms with Crippen LogP contribution in [0.4, 0.5) is 5.69 Å². The molecule has 0 atom stereocenters. The average molecular weight is 388 g/mol. The first kappa shape index (κ1) is 18.0. The van der Waals surface area contributed by atoms with Gasteiger partial charge in [0.15, 0.2) is 5.11 Å². The molecule has 0 spiro atoms. The van der Waals surface area contributed by atoms with Gasteiger partial charge in [-0.05, 0) is 48.5 Å². The number of hydrogen-bond donors (Lipinski definition) is 2. The Bertz CT molecular complexity index is 717. The molecule has 7 heteroatoms. The predicted octanol–water partition coefficient (Wildman–Crippen LogP) is 5.09. The molecule has 0 aromatic heterocycles. The zero-order valence-corrected chi connectivity index (χ0v) is 15.0. The Hall–Kier alpha value is -1.33. The van der Waals surface area contributed by atoms with Gasteiger partial charge >= 0.3 is 0 Å². The van der Waals surface area contributed by atoms with Gasteiger partial charge in [0.2, 0.25) is 5.91 Å². The van der Waals surface area contributed by atoms with Gasteiger partial charge in [-0.1, -0.05) is 53.0 Å². The van der Waals surface area contributed by atoms with Gasteiger partial charge < -0.3 is 10.6 Å². The van der Waals surface area contributed by atoms with Crippen LogP contribution >= 0.6 is 47.0 Å². The van der Waals surface area contributed by atoms with Gasteiger partial charge in [0.25, 0.3) is 0 Å². The molecule has 0 bridgehead atoms. The highest BCUT2D eigenvalue weighted by Gasteiger charge is 2.08. The van der Waals surface area contributed by atoms with Crippen molar-refractivity contribution < 1.29 is 4.79 Å². The third-order valence-electron chi connectivity index (χ3n) is 2.95. The van der Waals surface area contributed by atoms with Crippen molar-refractivity contribution in [2.24, 2.45) is 0 Å². The predicted molar refractivity (Wildman–Crippen MR) is 101 cm³/mol. The normalized spacial score (nSPS) is 10.2. The molecule has 0 aliphatic rings. The average Bonchev–Trinajstić information content (AvgIpc) is 2.45. The number of benzene rings is 2. The van der Waals surface area contributed by atoms with E-state index in [1.54, 1.807) is 24.3 Å². The van der Waals surface area contributed by atoms with Crippen LogP contribution in [0.1, 0.15) is 12.0 Å².